The van der Waals surface area contributed by atoms with Crippen LogP contribution in [0.3, 0.4) is 0 Å². The fraction of sp³-hybridized carbons (Fsp3) is 0.632. The smallest absolute Gasteiger partial charge is 0.153 e. The molecular weight excluding hydrogens is 343 g/mol. The lowest BCUT2D eigenvalue weighted by atomic mass is 9.78. The summed E-state index contributed by atoms with van der Waals surface area (Å²) in [7, 11) is 0. The van der Waals surface area contributed by atoms with E-state index in [1.54, 1.807) is 12.1 Å². The lowest BCUT2D eigenvalue weighted by Crippen LogP contribution is -2.26. The summed E-state index contributed by atoms with van der Waals surface area (Å²) < 4.78 is 13.9. The van der Waals surface area contributed by atoms with Crippen LogP contribution in [-0.2, 0) is 4.79 Å². The molecule has 0 heterocycles. The average molecular weight is 369 g/mol. The molecule has 0 bridgehead atoms. The summed E-state index contributed by atoms with van der Waals surface area (Å²) in [5.41, 5.74) is 3.01. The number of carbonyl (C=O) groups excluding carboxylic acids is 1. The summed E-state index contributed by atoms with van der Waals surface area (Å²) in [6, 6.07) is 3.17. The zero-order valence-corrected chi connectivity index (χ0v) is 15.4. The van der Waals surface area contributed by atoms with Gasteiger partial charge in [0, 0.05) is 5.92 Å². The second-order valence-corrected chi connectivity index (χ2v) is 7.43. The van der Waals surface area contributed by atoms with Gasteiger partial charge < -0.3 is 0 Å². The predicted octanol–water partition coefficient (Wildman–Crippen LogP) is 6.23. The van der Waals surface area contributed by atoms with Gasteiger partial charge in [-0.15, -0.1) is 0 Å². The number of Topliss-reactive ketones (excluding diaryl/α,β-unsaturated/α-hetero) is 1. The number of rotatable bonds is 7. The molecule has 2 rings (SSSR count). The van der Waals surface area contributed by atoms with Gasteiger partial charge in [-0.3, -0.25) is 4.79 Å². The second kappa shape index (κ2) is 7.72. The Morgan fingerprint density at radius 2 is 2.05 bits per heavy atom. The van der Waals surface area contributed by atoms with E-state index < -0.39 is 0 Å². The Hall–Kier alpha value is -0.700. The number of halogens is 2. The van der Waals surface area contributed by atoms with Gasteiger partial charge in [-0.2, -0.15) is 0 Å². The van der Waals surface area contributed by atoms with Crippen LogP contribution in [0, 0.1) is 18.7 Å². The van der Waals surface area contributed by atoms with Crippen LogP contribution >= 0.6 is 15.9 Å². The van der Waals surface area contributed by atoms with Crippen molar-refractivity contribution in [3.05, 3.63) is 34.6 Å². The molecule has 122 valence electrons. The van der Waals surface area contributed by atoms with Gasteiger partial charge in [0.15, 0.2) is 5.78 Å². The second-order valence-electron chi connectivity index (χ2n) is 6.51. The minimum atomic E-state index is -0.367. The Kier molecular flexibility index (Phi) is 6.19. The molecule has 0 amide bonds. The lowest BCUT2D eigenvalue weighted by molar-refractivity contribution is -0.124. The average Bonchev–Trinajstić information content (AvgIpc) is 2.42. The summed E-state index contributed by atoms with van der Waals surface area (Å²) in [6.07, 6.45) is 6.29. The SMILES string of the molecule is CCCC(CC)c1c(C)cc(F)cc1C(Br)C(=O)C1CCC1. The number of alkyl halides is 1. The quantitative estimate of drug-likeness (QED) is 0.521. The number of carbonyl (C=O) groups is 1. The zero-order chi connectivity index (χ0) is 16.3. The number of aryl methyl sites for hydroxylation is 1. The van der Waals surface area contributed by atoms with Crippen molar-refractivity contribution in [3.8, 4) is 0 Å². The number of hydrogen-bond acceptors (Lipinski definition) is 1. The third-order valence-electron chi connectivity index (χ3n) is 4.95. The highest BCUT2D eigenvalue weighted by Gasteiger charge is 2.33. The fourth-order valence-electron chi connectivity index (χ4n) is 3.50. The van der Waals surface area contributed by atoms with E-state index in [-0.39, 0.29) is 22.3 Å². The van der Waals surface area contributed by atoms with Crippen LogP contribution in [0.5, 0.6) is 0 Å². The third kappa shape index (κ3) is 3.61. The van der Waals surface area contributed by atoms with Gasteiger partial charge in [0.05, 0.1) is 4.83 Å². The molecule has 1 nitrogen and oxygen atoms in total. The first-order valence-electron chi connectivity index (χ1n) is 8.47. The highest BCUT2D eigenvalue weighted by atomic mass is 79.9. The standard InChI is InChI=1S/C19H26BrFO/c1-4-7-13(5-2)17-12(3)10-15(21)11-16(17)18(20)19(22)14-8-6-9-14/h10-11,13-14,18H,4-9H2,1-3H3. The van der Waals surface area contributed by atoms with E-state index in [0.29, 0.717) is 5.92 Å². The largest absolute Gasteiger partial charge is 0.298 e. The molecule has 0 saturated heterocycles. The molecule has 1 saturated carbocycles. The van der Waals surface area contributed by atoms with Gasteiger partial charge in [-0.05, 0) is 67.3 Å². The van der Waals surface area contributed by atoms with Crippen LogP contribution in [0.15, 0.2) is 12.1 Å². The normalized spacial score (nSPS) is 17.9. The topological polar surface area (TPSA) is 17.1 Å². The maximum atomic E-state index is 13.9. The maximum absolute atomic E-state index is 13.9. The van der Waals surface area contributed by atoms with Crippen molar-refractivity contribution in [2.45, 2.75) is 70.0 Å². The molecule has 3 heteroatoms. The number of ketones is 1. The van der Waals surface area contributed by atoms with E-state index in [0.717, 1.165) is 49.7 Å². The minimum absolute atomic E-state index is 0.159. The summed E-state index contributed by atoms with van der Waals surface area (Å²) >= 11 is 3.58. The Morgan fingerprint density at radius 1 is 1.36 bits per heavy atom. The van der Waals surface area contributed by atoms with Crippen molar-refractivity contribution in [2.75, 3.05) is 0 Å². The van der Waals surface area contributed by atoms with Crippen LogP contribution in [0.1, 0.15) is 79.8 Å². The van der Waals surface area contributed by atoms with Crippen molar-refractivity contribution >= 4 is 21.7 Å². The molecule has 2 unspecified atom stereocenters. The molecular formula is C19H26BrFO. The van der Waals surface area contributed by atoms with Gasteiger partial charge in [0.2, 0.25) is 0 Å². The van der Waals surface area contributed by atoms with Crippen molar-refractivity contribution < 1.29 is 9.18 Å². The van der Waals surface area contributed by atoms with Gasteiger partial charge in [-0.1, -0.05) is 42.6 Å². The van der Waals surface area contributed by atoms with Crippen LogP contribution in [0.25, 0.3) is 0 Å². The minimum Gasteiger partial charge on any atom is -0.298 e. The molecule has 2 atom stereocenters. The van der Waals surface area contributed by atoms with Crippen LogP contribution in [0.2, 0.25) is 0 Å². The molecule has 22 heavy (non-hydrogen) atoms. The first-order chi connectivity index (χ1) is 10.5. The molecule has 1 aliphatic rings. The Bertz CT molecular complexity index is 536. The molecule has 0 radical (unpaired) electrons. The zero-order valence-electron chi connectivity index (χ0n) is 13.8. The van der Waals surface area contributed by atoms with Crippen molar-refractivity contribution in [1.82, 2.24) is 0 Å². The summed E-state index contributed by atoms with van der Waals surface area (Å²) in [5.74, 6) is 0.541. The maximum Gasteiger partial charge on any atom is 0.153 e. The highest BCUT2D eigenvalue weighted by Crippen LogP contribution is 2.41. The van der Waals surface area contributed by atoms with Gasteiger partial charge in [0.25, 0.3) is 0 Å². The molecule has 0 N–H and O–H groups in total. The van der Waals surface area contributed by atoms with Gasteiger partial charge in [0.1, 0.15) is 5.82 Å². The third-order valence-corrected chi connectivity index (χ3v) is 5.90. The van der Waals surface area contributed by atoms with Crippen LogP contribution in [-0.4, -0.2) is 5.78 Å². The molecule has 1 aliphatic carbocycles. The van der Waals surface area contributed by atoms with Crippen molar-refractivity contribution in [1.29, 1.82) is 0 Å². The Balaban J connectivity index is 2.41. The Morgan fingerprint density at radius 3 is 2.55 bits per heavy atom. The van der Waals surface area contributed by atoms with E-state index in [1.165, 1.54) is 5.56 Å². The summed E-state index contributed by atoms with van der Waals surface area (Å²) in [5, 5.41) is 0. The lowest BCUT2D eigenvalue weighted by Gasteiger charge is -2.29. The molecule has 0 aromatic heterocycles. The van der Waals surface area contributed by atoms with Gasteiger partial charge >= 0.3 is 0 Å². The molecule has 1 aromatic rings. The van der Waals surface area contributed by atoms with E-state index in [4.69, 9.17) is 0 Å². The van der Waals surface area contributed by atoms with E-state index in [9.17, 15) is 9.18 Å². The number of benzene rings is 1. The van der Waals surface area contributed by atoms with Crippen molar-refractivity contribution in [3.63, 3.8) is 0 Å². The van der Waals surface area contributed by atoms with Crippen molar-refractivity contribution in [2.24, 2.45) is 5.92 Å². The van der Waals surface area contributed by atoms with E-state index >= 15 is 0 Å². The van der Waals surface area contributed by atoms with Crippen LogP contribution < -0.4 is 0 Å². The number of hydrogen-bond donors (Lipinski definition) is 0. The predicted molar refractivity (Wildman–Crippen MR) is 93.1 cm³/mol. The van der Waals surface area contributed by atoms with E-state index in [1.807, 2.05) is 6.92 Å². The fourth-order valence-corrected chi connectivity index (χ4v) is 4.25. The Labute approximate surface area is 141 Å². The highest BCUT2D eigenvalue weighted by molar-refractivity contribution is 9.09. The molecule has 1 fully saturated rings. The summed E-state index contributed by atoms with van der Waals surface area (Å²) in [6.45, 7) is 6.31. The monoisotopic (exact) mass is 368 g/mol. The molecule has 0 spiro atoms. The van der Waals surface area contributed by atoms with Gasteiger partial charge in [-0.25, -0.2) is 4.39 Å². The first-order valence-corrected chi connectivity index (χ1v) is 9.38. The van der Waals surface area contributed by atoms with E-state index in [2.05, 4.69) is 29.8 Å². The van der Waals surface area contributed by atoms with Crippen LogP contribution in [0.4, 0.5) is 4.39 Å². The molecule has 0 aliphatic heterocycles. The molecule has 1 aromatic carbocycles. The first kappa shape index (κ1) is 17.7. The summed E-state index contributed by atoms with van der Waals surface area (Å²) in [4.78, 5) is 12.2.